The third-order valence-corrected chi connectivity index (χ3v) is 6.13. The molecule has 0 spiro atoms. The van der Waals surface area contributed by atoms with Gasteiger partial charge in [0, 0.05) is 29.8 Å². The Morgan fingerprint density at radius 1 is 1.10 bits per heavy atom. The van der Waals surface area contributed by atoms with Crippen molar-refractivity contribution in [3.63, 3.8) is 0 Å². The van der Waals surface area contributed by atoms with Gasteiger partial charge < -0.3 is 13.7 Å². The molecule has 6 nitrogen and oxygen atoms in total. The lowest BCUT2D eigenvalue weighted by Gasteiger charge is -2.09. The molecule has 2 aromatic heterocycles. The molecular formula is C22H21N3O3S. The maximum absolute atomic E-state index is 12.1. The van der Waals surface area contributed by atoms with Crippen molar-refractivity contribution in [3.8, 4) is 17.1 Å². The zero-order valence-electron chi connectivity index (χ0n) is 16.7. The van der Waals surface area contributed by atoms with E-state index in [0.29, 0.717) is 11.3 Å². The van der Waals surface area contributed by atoms with E-state index in [0.717, 1.165) is 44.4 Å². The van der Waals surface area contributed by atoms with Gasteiger partial charge >= 0.3 is 5.63 Å². The van der Waals surface area contributed by atoms with Crippen LogP contribution in [0, 0.1) is 13.8 Å². The van der Waals surface area contributed by atoms with E-state index >= 15 is 0 Å². The molecule has 2 aromatic carbocycles. The number of rotatable bonds is 5. The zero-order valence-corrected chi connectivity index (χ0v) is 17.5. The maximum Gasteiger partial charge on any atom is 0.336 e. The number of aromatic nitrogens is 3. The lowest BCUT2D eigenvalue weighted by Crippen LogP contribution is -2.02. The van der Waals surface area contributed by atoms with Crippen LogP contribution in [0.4, 0.5) is 0 Å². The average Bonchev–Trinajstić information content (AvgIpc) is 3.09. The van der Waals surface area contributed by atoms with Crippen molar-refractivity contribution in [2.75, 3.05) is 7.11 Å². The van der Waals surface area contributed by atoms with E-state index in [-0.39, 0.29) is 5.63 Å². The van der Waals surface area contributed by atoms with Gasteiger partial charge in [0.25, 0.3) is 0 Å². The molecule has 0 aliphatic rings. The van der Waals surface area contributed by atoms with Gasteiger partial charge in [0.15, 0.2) is 11.0 Å². The third-order valence-electron chi connectivity index (χ3n) is 5.06. The molecule has 0 aliphatic heterocycles. The minimum absolute atomic E-state index is 0.335. The summed E-state index contributed by atoms with van der Waals surface area (Å²) >= 11 is 1.54. The molecule has 4 rings (SSSR count). The quantitative estimate of drug-likeness (QED) is 0.358. The van der Waals surface area contributed by atoms with Crippen molar-refractivity contribution in [3.05, 3.63) is 69.6 Å². The van der Waals surface area contributed by atoms with Gasteiger partial charge in [-0.2, -0.15) is 0 Å². The maximum atomic E-state index is 12.1. The van der Waals surface area contributed by atoms with Crippen LogP contribution < -0.4 is 10.4 Å². The summed E-state index contributed by atoms with van der Waals surface area (Å²) in [4.78, 5) is 12.1. The molecule has 2 heterocycles. The number of benzene rings is 2. The zero-order chi connectivity index (χ0) is 20.5. The third kappa shape index (κ3) is 3.65. The predicted molar refractivity (Wildman–Crippen MR) is 115 cm³/mol. The van der Waals surface area contributed by atoms with Crippen LogP contribution in [0.3, 0.4) is 0 Å². The van der Waals surface area contributed by atoms with Gasteiger partial charge in [-0.25, -0.2) is 4.79 Å². The molecule has 0 aliphatic carbocycles. The first-order valence-electron chi connectivity index (χ1n) is 9.17. The fourth-order valence-electron chi connectivity index (χ4n) is 3.22. The van der Waals surface area contributed by atoms with E-state index in [1.807, 2.05) is 55.8 Å². The Balaban J connectivity index is 1.62. The number of nitrogens with zero attached hydrogens (tertiary/aromatic N) is 3. The van der Waals surface area contributed by atoms with Gasteiger partial charge in [-0.15, -0.1) is 10.2 Å². The van der Waals surface area contributed by atoms with Gasteiger partial charge in [0.2, 0.25) is 0 Å². The molecule has 7 heteroatoms. The number of hydrogen-bond acceptors (Lipinski definition) is 6. The molecule has 0 radical (unpaired) electrons. The minimum Gasteiger partial charge on any atom is -0.497 e. The van der Waals surface area contributed by atoms with Crippen molar-refractivity contribution in [1.82, 2.24) is 14.8 Å². The Bertz CT molecular complexity index is 1240. The van der Waals surface area contributed by atoms with Crippen molar-refractivity contribution >= 4 is 22.7 Å². The number of methoxy groups -OCH3 is 1. The van der Waals surface area contributed by atoms with Crippen LogP contribution in [0.25, 0.3) is 22.4 Å². The fourth-order valence-corrected chi connectivity index (χ4v) is 4.12. The molecule has 0 fully saturated rings. The Hall–Kier alpha value is -3.06. The molecular weight excluding hydrogens is 386 g/mol. The monoisotopic (exact) mass is 407 g/mol. The van der Waals surface area contributed by atoms with Gasteiger partial charge in [-0.1, -0.05) is 23.9 Å². The van der Waals surface area contributed by atoms with Gasteiger partial charge in [0.05, 0.1) is 7.11 Å². The van der Waals surface area contributed by atoms with Crippen LogP contribution in [0.2, 0.25) is 0 Å². The summed E-state index contributed by atoms with van der Waals surface area (Å²) in [5.41, 5.74) is 4.31. The van der Waals surface area contributed by atoms with Crippen molar-refractivity contribution in [1.29, 1.82) is 0 Å². The summed E-state index contributed by atoms with van der Waals surface area (Å²) in [5.74, 6) is 2.17. The van der Waals surface area contributed by atoms with E-state index in [1.165, 1.54) is 0 Å². The molecule has 148 valence electrons. The van der Waals surface area contributed by atoms with Crippen molar-refractivity contribution in [2.24, 2.45) is 7.05 Å². The molecule has 0 N–H and O–H groups in total. The number of hydrogen-bond donors (Lipinski definition) is 0. The van der Waals surface area contributed by atoms with Gasteiger partial charge in [-0.3, -0.25) is 0 Å². The Kier molecular flexibility index (Phi) is 5.15. The second-order valence-corrected chi connectivity index (χ2v) is 7.80. The Morgan fingerprint density at radius 2 is 1.86 bits per heavy atom. The topological polar surface area (TPSA) is 70.2 Å². The summed E-state index contributed by atoms with van der Waals surface area (Å²) < 4.78 is 12.6. The second-order valence-electron chi connectivity index (χ2n) is 6.86. The summed E-state index contributed by atoms with van der Waals surface area (Å²) in [5, 5.41) is 10.4. The highest BCUT2D eigenvalue weighted by Crippen LogP contribution is 2.30. The van der Waals surface area contributed by atoms with E-state index in [4.69, 9.17) is 9.15 Å². The summed E-state index contributed by atoms with van der Waals surface area (Å²) in [7, 11) is 3.58. The highest BCUT2D eigenvalue weighted by molar-refractivity contribution is 7.98. The van der Waals surface area contributed by atoms with E-state index in [9.17, 15) is 4.79 Å². The number of ether oxygens (including phenoxy) is 1. The summed E-state index contributed by atoms with van der Waals surface area (Å²) in [6.45, 7) is 3.98. The molecule has 4 aromatic rings. The fraction of sp³-hybridized carbons (Fsp3) is 0.227. The van der Waals surface area contributed by atoms with Crippen molar-refractivity contribution in [2.45, 2.75) is 24.8 Å². The molecule has 0 saturated heterocycles. The summed E-state index contributed by atoms with van der Waals surface area (Å²) in [6, 6.07) is 13.3. The number of aryl methyl sites for hydroxylation is 2. The van der Waals surface area contributed by atoms with Crippen molar-refractivity contribution < 1.29 is 9.15 Å². The molecule has 29 heavy (non-hydrogen) atoms. The van der Waals surface area contributed by atoms with Crippen LogP contribution >= 0.6 is 11.8 Å². The number of thioether (sulfide) groups is 1. The highest BCUT2D eigenvalue weighted by Gasteiger charge is 2.14. The van der Waals surface area contributed by atoms with Gasteiger partial charge in [0.1, 0.15) is 11.3 Å². The second kappa shape index (κ2) is 7.75. The van der Waals surface area contributed by atoms with Crippen LogP contribution in [0.15, 0.2) is 56.8 Å². The highest BCUT2D eigenvalue weighted by atomic mass is 32.2. The van der Waals surface area contributed by atoms with Crippen LogP contribution in [0.1, 0.15) is 16.7 Å². The normalized spacial score (nSPS) is 11.2. The van der Waals surface area contributed by atoms with E-state index < -0.39 is 0 Å². The first-order valence-corrected chi connectivity index (χ1v) is 10.2. The SMILES string of the molecule is COc1ccc(-c2nnc(SCc3cc(=O)oc4c(C)c(C)ccc34)n2C)cc1. The standard InChI is InChI=1S/C22H21N3O3S/c1-13-5-10-18-16(11-19(26)28-20(18)14(13)2)12-29-22-24-23-21(25(22)3)15-6-8-17(27-4)9-7-15/h5-11H,12H2,1-4H3. The predicted octanol–water partition coefficient (Wildman–Crippen LogP) is 4.51. The number of fused-ring (bicyclic) bond motifs is 1. The van der Waals surface area contributed by atoms with Crippen LogP contribution in [-0.4, -0.2) is 21.9 Å². The molecule has 0 saturated carbocycles. The molecule has 0 atom stereocenters. The largest absolute Gasteiger partial charge is 0.497 e. The summed E-state index contributed by atoms with van der Waals surface area (Å²) in [6.07, 6.45) is 0. The van der Waals surface area contributed by atoms with Crippen LogP contribution in [-0.2, 0) is 12.8 Å². The van der Waals surface area contributed by atoms with E-state index in [1.54, 1.807) is 24.9 Å². The molecule has 0 unspecified atom stereocenters. The lowest BCUT2D eigenvalue weighted by atomic mass is 10.0. The first-order chi connectivity index (χ1) is 14.0. The Morgan fingerprint density at radius 3 is 2.59 bits per heavy atom. The first kappa shape index (κ1) is 19.3. The minimum atomic E-state index is -0.335. The van der Waals surface area contributed by atoms with Crippen LogP contribution in [0.5, 0.6) is 5.75 Å². The molecule has 0 bridgehead atoms. The Labute approximate surface area is 172 Å². The molecule has 0 amide bonds. The lowest BCUT2D eigenvalue weighted by molar-refractivity contribution is 0.415. The smallest absolute Gasteiger partial charge is 0.336 e. The van der Waals surface area contributed by atoms with Gasteiger partial charge in [-0.05, 0) is 54.8 Å². The van der Waals surface area contributed by atoms with E-state index in [2.05, 4.69) is 16.3 Å². The average molecular weight is 407 g/mol.